The van der Waals surface area contributed by atoms with Crippen LogP contribution in [0.2, 0.25) is 0 Å². The van der Waals surface area contributed by atoms with Crippen LogP contribution in [0, 0.1) is 6.92 Å². The van der Waals surface area contributed by atoms with Crippen molar-refractivity contribution in [3.05, 3.63) is 42.4 Å². The van der Waals surface area contributed by atoms with Gasteiger partial charge < -0.3 is 4.90 Å². The second-order valence-corrected chi connectivity index (χ2v) is 3.57. The summed E-state index contributed by atoms with van der Waals surface area (Å²) in [6.07, 6.45) is 8.57. The average molecular weight is 215 g/mol. The van der Waals surface area contributed by atoms with Gasteiger partial charge in [0, 0.05) is 25.6 Å². The van der Waals surface area contributed by atoms with Gasteiger partial charge in [0.2, 0.25) is 0 Å². The predicted molar refractivity (Wildman–Crippen MR) is 60.9 cm³/mol. The molecule has 0 atom stereocenters. The lowest BCUT2D eigenvalue weighted by molar-refractivity contribution is 0.846. The van der Waals surface area contributed by atoms with Gasteiger partial charge in [0.15, 0.2) is 0 Å². The molecule has 5 heteroatoms. The third-order valence-electron chi connectivity index (χ3n) is 2.15. The van der Waals surface area contributed by atoms with Crippen molar-refractivity contribution in [3.8, 4) is 0 Å². The summed E-state index contributed by atoms with van der Waals surface area (Å²) in [5.41, 5.74) is 1.82. The van der Waals surface area contributed by atoms with Gasteiger partial charge in [-0.3, -0.25) is 15.0 Å². The number of nitrogens with zero attached hydrogens (tertiary/aromatic N) is 5. The molecule has 0 unspecified atom stereocenters. The maximum Gasteiger partial charge on any atom is 0.147 e. The van der Waals surface area contributed by atoms with Gasteiger partial charge >= 0.3 is 0 Å². The monoisotopic (exact) mass is 215 g/mol. The summed E-state index contributed by atoms with van der Waals surface area (Å²) in [6.45, 7) is 2.60. The molecular formula is C11H13N5. The van der Waals surface area contributed by atoms with Crippen LogP contribution in [0.5, 0.6) is 0 Å². The summed E-state index contributed by atoms with van der Waals surface area (Å²) in [7, 11) is 1.96. The van der Waals surface area contributed by atoms with Gasteiger partial charge in [0.05, 0.1) is 30.3 Å². The van der Waals surface area contributed by atoms with E-state index in [1.54, 1.807) is 31.0 Å². The summed E-state index contributed by atoms with van der Waals surface area (Å²) in [5, 5.41) is 0. The predicted octanol–water partition coefficient (Wildman–Crippen LogP) is 1.21. The summed E-state index contributed by atoms with van der Waals surface area (Å²) >= 11 is 0. The lowest BCUT2D eigenvalue weighted by Crippen LogP contribution is -2.19. The van der Waals surface area contributed by atoms with E-state index in [1.165, 1.54) is 0 Å². The van der Waals surface area contributed by atoms with Crippen LogP contribution in [0.25, 0.3) is 0 Å². The van der Waals surface area contributed by atoms with E-state index in [0.29, 0.717) is 6.54 Å². The molecule has 16 heavy (non-hydrogen) atoms. The van der Waals surface area contributed by atoms with Crippen LogP contribution >= 0.6 is 0 Å². The maximum atomic E-state index is 4.38. The van der Waals surface area contributed by atoms with Crippen LogP contribution in [-0.2, 0) is 6.54 Å². The highest BCUT2D eigenvalue weighted by Gasteiger charge is 2.04. The molecule has 0 aliphatic heterocycles. The van der Waals surface area contributed by atoms with E-state index >= 15 is 0 Å². The summed E-state index contributed by atoms with van der Waals surface area (Å²) in [6, 6.07) is 0. The van der Waals surface area contributed by atoms with Crippen LogP contribution < -0.4 is 4.90 Å². The number of anilines is 1. The minimum atomic E-state index is 0.673. The van der Waals surface area contributed by atoms with Gasteiger partial charge in [-0.2, -0.15) is 0 Å². The molecule has 0 fully saturated rings. The van der Waals surface area contributed by atoms with Crippen LogP contribution in [-0.4, -0.2) is 27.0 Å². The molecule has 0 amide bonds. The minimum Gasteiger partial charge on any atom is -0.352 e. The van der Waals surface area contributed by atoms with Crippen molar-refractivity contribution in [1.82, 2.24) is 19.9 Å². The van der Waals surface area contributed by atoms with E-state index in [4.69, 9.17) is 0 Å². The maximum absolute atomic E-state index is 4.38. The van der Waals surface area contributed by atoms with Gasteiger partial charge in [-0.1, -0.05) is 0 Å². The van der Waals surface area contributed by atoms with Crippen molar-refractivity contribution in [2.45, 2.75) is 13.5 Å². The Morgan fingerprint density at radius 1 is 1.12 bits per heavy atom. The van der Waals surface area contributed by atoms with Crippen molar-refractivity contribution >= 4 is 5.82 Å². The standard InChI is InChI=1S/C11H13N5/c1-9-5-13-7-11(15-9)16(2)8-10-6-12-3-4-14-10/h3-7H,8H2,1-2H3. The van der Waals surface area contributed by atoms with E-state index in [-0.39, 0.29) is 0 Å². The Hall–Kier alpha value is -2.04. The largest absolute Gasteiger partial charge is 0.352 e. The second kappa shape index (κ2) is 4.65. The van der Waals surface area contributed by atoms with Crippen LogP contribution in [0.15, 0.2) is 31.0 Å². The molecular weight excluding hydrogens is 202 g/mol. The van der Waals surface area contributed by atoms with Gasteiger partial charge in [-0.25, -0.2) is 4.98 Å². The lowest BCUT2D eigenvalue weighted by Gasteiger charge is -2.16. The molecule has 2 aromatic heterocycles. The van der Waals surface area contributed by atoms with E-state index in [1.807, 2.05) is 18.9 Å². The smallest absolute Gasteiger partial charge is 0.147 e. The van der Waals surface area contributed by atoms with E-state index < -0.39 is 0 Å². The fraction of sp³-hybridized carbons (Fsp3) is 0.273. The molecule has 0 radical (unpaired) electrons. The topological polar surface area (TPSA) is 54.8 Å². The molecule has 0 aliphatic carbocycles. The normalized spacial score (nSPS) is 10.1. The summed E-state index contributed by atoms with van der Waals surface area (Å²) < 4.78 is 0. The first-order valence-electron chi connectivity index (χ1n) is 5.00. The molecule has 2 aromatic rings. The van der Waals surface area contributed by atoms with Crippen LogP contribution in [0.3, 0.4) is 0 Å². The third-order valence-corrected chi connectivity index (χ3v) is 2.15. The van der Waals surface area contributed by atoms with E-state index in [0.717, 1.165) is 17.2 Å². The molecule has 2 heterocycles. The fourth-order valence-electron chi connectivity index (χ4n) is 1.37. The Bertz CT molecular complexity index is 457. The number of hydrogen-bond acceptors (Lipinski definition) is 5. The van der Waals surface area contributed by atoms with Crippen molar-refractivity contribution in [3.63, 3.8) is 0 Å². The zero-order chi connectivity index (χ0) is 11.4. The Kier molecular flexibility index (Phi) is 3.05. The number of aryl methyl sites for hydroxylation is 1. The molecule has 2 rings (SSSR count). The first kappa shape index (κ1) is 10.5. The molecule has 0 spiro atoms. The highest BCUT2D eigenvalue weighted by atomic mass is 15.2. The highest BCUT2D eigenvalue weighted by Crippen LogP contribution is 2.09. The van der Waals surface area contributed by atoms with Gasteiger partial charge in [-0.05, 0) is 6.92 Å². The Balaban J connectivity index is 2.12. The van der Waals surface area contributed by atoms with E-state index in [9.17, 15) is 0 Å². The van der Waals surface area contributed by atoms with E-state index in [2.05, 4.69) is 19.9 Å². The number of hydrogen-bond donors (Lipinski definition) is 0. The van der Waals surface area contributed by atoms with Crippen molar-refractivity contribution in [2.75, 3.05) is 11.9 Å². The Morgan fingerprint density at radius 2 is 2.00 bits per heavy atom. The SMILES string of the molecule is Cc1cncc(N(C)Cc2cnccn2)n1. The minimum absolute atomic E-state index is 0.673. The zero-order valence-corrected chi connectivity index (χ0v) is 9.33. The molecule has 5 nitrogen and oxygen atoms in total. The summed E-state index contributed by atoms with van der Waals surface area (Å²) in [4.78, 5) is 18.7. The van der Waals surface area contributed by atoms with Gasteiger partial charge in [-0.15, -0.1) is 0 Å². The number of aromatic nitrogens is 4. The third kappa shape index (κ3) is 2.50. The molecule has 0 saturated carbocycles. The van der Waals surface area contributed by atoms with Crippen LogP contribution in [0.4, 0.5) is 5.82 Å². The highest BCUT2D eigenvalue weighted by molar-refractivity contribution is 5.35. The molecule has 82 valence electrons. The van der Waals surface area contributed by atoms with Gasteiger partial charge in [0.25, 0.3) is 0 Å². The molecule has 0 N–H and O–H groups in total. The molecule has 0 saturated heterocycles. The number of rotatable bonds is 3. The molecule has 0 aromatic carbocycles. The van der Waals surface area contributed by atoms with Crippen molar-refractivity contribution in [1.29, 1.82) is 0 Å². The average Bonchev–Trinajstić information content (AvgIpc) is 2.30. The Labute approximate surface area is 94.2 Å². The quantitative estimate of drug-likeness (QED) is 0.770. The zero-order valence-electron chi connectivity index (χ0n) is 9.33. The van der Waals surface area contributed by atoms with Crippen molar-refractivity contribution < 1.29 is 0 Å². The first-order chi connectivity index (χ1) is 7.75. The van der Waals surface area contributed by atoms with Crippen LogP contribution in [0.1, 0.15) is 11.4 Å². The van der Waals surface area contributed by atoms with Crippen molar-refractivity contribution in [2.24, 2.45) is 0 Å². The van der Waals surface area contributed by atoms with Gasteiger partial charge in [0.1, 0.15) is 5.82 Å². The lowest BCUT2D eigenvalue weighted by atomic mass is 10.4. The first-order valence-corrected chi connectivity index (χ1v) is 5.00. The second-order valence-electron chi connectivity index (χ2n) is 3.57. The fourth-order valence-corrected chi connectivity index (χ4v) is 1.37. The summed E-state index contributed by atoms with van der Waals surface area (Å²) in [5.74, 6) is 0.839. The molecule has 0 aliphatic rings. The Morgan fingerprint density at radius 3 is 2.69 bits per heavy atom. The molecule has 0 bridgehead atoms.